The van der Waals surface area contributed by atoms with Crippen LogP contribution in [0.4, 0.5) is 0 Å². The molecule has 0 radical (unpaired) electrons. The molecule has 3 heteroatoms. The minimum absolute atomic E-state index is 0.299. The molecule has 0 aliphatic heterocycles. The van der Waals surface area contributed by atoms with Crippen LogP contribution in [0.5, 0.6) is 0 Å². The average molecular weight is 203 g/mol. The summed E-state index contributed by atoms with van der Waals surface area (Å²) in [5.74, 6) is 1.10. The van der Waals surface area contributed by atoms with Gasteiger partial charge in [-0.1, -0.05) is 19.1 Å². The lowest BCUT2D eigenvalue weighted by Crippen LogP contribution is -2.20. The first-order valence-electron chi connectivity index (χ1n) is 5.38. The SMILES string of the molecule is CCNC(C)c1nc2ccccc2n1C. The molecule has 15 heavy (non-hydrogen) atoms. The van der Waals surface area contributed by atoms with Gasteiger partial charge in [0.25, 0.3) is 0 Å². The summed E-state index contributed by atoms with van der Waals surface area (Å²) in [5.41, 5.74) is 2.26. The van der Waals surface area contributed by atoms with Gasteiger partial charge in [0.1, 0.15) is 5.82 Å². The summed E-state index contributed by atoms with van der Waals surface area (Å²) in [4.78, 5) is 4.63. The molecule has 0 spiro atoms. The van der Waals surface area contributed by atoms with Gasteiger partial charge in [0.15, 0.2) is 0 Å². The van der Waals surface area contributed by atoms with Gasteiger partial charge >= 0.3 is 0 Å². The molecule has 1 heterocycles. The maximum atomic E-state index is 4.63. The quantitative estimate of drug-likeness (QED) is 0.829. The topological polar surface area (TPSA) is 29.9 Å². The number of hydrogen-bond acceptors (Lipinski definition) is 2. The number of fused-ring (bicyclic) bond motifs is 1. The Morgan fingerprint density at radius 2 is 2.13 bits per heavy atom. The summed E-state index contributed by atoms with van der Waals surface area (Å²) < 4.78 is 2.16. The van der Waals surface area contributed by atoms with E-state index in [1.54, 1.807) is 0 Å². The molecule has 1 aromatic heterocycles. The predicted molar refractivity (Wildman–Crippen MR) is 62.8 cm³/mol. The Morgan fingerprint density at radius 1 is 1.40 bits per heavy atom. The van der Waals surface area contributed by atoms with Crippen molar-refractivity contribution in [1.82, 2.24) is 14.9 Å². The molecule has 0 saturated heterocycles. The predicted octanol–water partition coefficient (Wildman–Crippen LogP) is 2.24. The van der Waals surface area contributed by atoms with Crippen LogP contribution in [-0.2, 0) is 7.05 Å². The number of aryl methyl sites for hydroxylation is 1. The Morgan fingerprint density at radius 3 is 2.80 bits per heavy atom. The van der Waals surface area contributed by atoms with Crippen LogP contribution >= 0.6 is 0 Å². The van der Waals surface area contributed by atoms with E-state index in [0.717, 1.165) is 17.9 Å². The van der Waals surface area contributed by atoms with Crippen molar-refractivity contribution in [1.29, 1.82) is 0 Å². The Bertz CT molecular complexity index is 459. The number of hydrogen-bond donors (Lipinski definition) is 1. The molecule has 1 aromatic carbocycles. The van der Waals surface area contributed by atoms with Crippen LogP contribution in [0.15, 0.2) is 24.3 Å². The molecule has 80 valence electrons. The fraction of sp³-hybridized carbons (Fsp3) is 0.417. The van der Waals surface area contributed by atoms with Crippen LogP contribution < -0.4 is 5.32 Å². The normalized spacial score (nSPS) is 13.3. The third-order valence-electron chi connectivity index (χ3n) is 2.72. The fourth-order valence-corrected chi connectivity index (χ4v) is 1.95. The molecule has 2 rings (SSSR count). The van der Waals surface area contributed by atoms with Crippen LogP contribution in [0.3, 0.4) is 0 Å². The number of aromatic nitrogens is 2. The van der Waals surface area contributed by atoms with Crippen molar-refractivity contribution in [3.8, 4) is 0 Å². The zero-order valence-corrected chi connectivity index (χ0v) is 9.49. The summed E-state index contributed by atoms with van der Waals surface area (Å²) in [6.07, 6.45) is 0. The van der Waals surface area contributed by atoms with Gasteiger partial charge in [0.05, 0.1) is 17.1 Å². The van der Waals surface area contributed by atoms with Crippen molar-refractivity contribution < 1.29 is 0 Å². The van der Waals surface area contributed by atoms with Gasteiger partial charge < -0.3 is 9.88 Å². The molecule has 0 aliphatic rings. The summed E-state index contributed by atoms with van der Waals surface area (Å²) in [5, 5.41) is 3.38. The van der Waals surface area contributed by atoms with Crippen LogP contribution in [0.2, 0.25) is 0 Å². The zero-order valence-electron chi connectivity index (χ0n) is 9.49. The van der Waals surface area contributed by atoms with Crippen LogP contribution in [0.25, 0.3) is 11.0 Å². The highest BCUT2D eigenvalue weighted by molar-refractivity contribution is 5.75. The van der Waals surface area contributed by atoms with Crippen molar-refractivity contribution in [2.45, 2.75) is 19.9 Å². The standard InChI is InChI=1S/C12H17N3/c1-4-13-9(2)12-14-10-7-5-6-8-11(10)15(12)3/h5-9,13H,4H2,1-3H3. The van der Waals surface area contributed by atoms with Crippen molar-refractivity contribution in [3.05, 3.63) is 30.1 Å². The largest absolute Gasteiger partial charge is 0.330 e. The second-order valence-electron chi connectivity index (χ2n) is 3.80. The first-order valence-corrected chi connectivity index (χ1v) is 5.38. The van der Waals surface area contributed by atoms with Gasteiger partial charge in [0, 0.05) is 7.05 Å². The van der Waals surface area contributed by atoms with E-state index in [1.165, 1.54) is 5.52 Å². The van der Waals surface area contributed by atoms with E-state index in [0.29, 0.717) is 6.04 Å². The van der Waals surface area contributed by atoms with E-state index in [4.69, 9.17) is 0 Å². The van der Waals surface area contributed by atoms with E-state index in [1.807, 2.05) is 12.1 Å². The Hall–Kier alpha value is -1.35. The van der Waals surface area contributed by atoms with Crippen molar-refractivity contribution >= 4 is 11.0 Å². The molecular formula is C12H17N3. The van der Waals surface area contributed by atoms with Crippen molar-refractivity contribution in [3.63, 3.8) is 0 Å². The monoisotopic (exact) mass is 203 g/mol. The lowest BCUT2D eigenvalue weighted by molar-refractivity contribution is 0.551. The maximum absolute atomic E-state index is 4.63. The second-order valence-corrected chi connectivity index (χ2v) is 3.80. The molecule has 0 fully saturated rings. The molecule has 0 amide bonds. The molecule has 1 atom stereocenters. The van der Waals surface area contributed by atoms with Crippen LogP contribution in [0.1, 0.15) is 25.7 Å². The van der Waals surface area contributed by atoms with Gasteiger partial charge in [-0.25, -0.2) is 4.98 Å². The van der Waals surface area contributed by atoms with Crippen molar-refractivity contribution in [2.75, 3.05) is 6.54 Å². The Labute approximate surface area is 90.1 Å². The van der Waals surface area contributed by atoms with E-state index in [-0.39, 0.29) is 0 Å². The van der Waals surface area contributed by atoms with E-state index < -0.39 is 0 Å². The lowest BCUT2D eigenvalue weighted by Gasteiger charge is -2.11. The van der Waals surface area contributed by atoms with E-state index in [2.05, 4.69) is 47.9 Å². The lowest BCUT2D eigenvalue weighted by atomic mass is 10.3. The van der Waals surface area contributed by atoms with Crippen LogP contribution in [0, 0.1) is 0 Å². The second kappa shape index (κ2) is 4.03. The third kappa shape index (κ3) is 1.75. The molecular weight excluding hydrogens is 186 g/mol. The first kappa shape index (κ1) is 10.2. The molecule has 0 bridgehead atoms. The number of imidazole rings is 1. The summed E-state index contributed by atoms with van der Waals surface area (Å²) in [6.45, 7) is 5.22. The summed E-state index contributed by atoms with van der Waals surface area (Å²) in [7, 11) is 2.07. The number of nitrogens with zero attached hydrogens (tertiary/aromatic N) is 2. The Balaban J connectivity index is 2.48. The molecule has 1 unspecified atom stereocenters. The number of nitrogens with one attached hydrogen (secondary N) is 1. The highest BCUT2D eigenvalue weighted by atomic mass is 15.1. The molecule has 3 nitrogen and oxygen atoms in total. The van der Waals surface area contributed by atoms with Gasteiger partial charge in [-0.2, -0.15) is 0 Å². The zero-order chi connectivity index (χ0) is 10.8. The average Bonchev–Trinajstić information content (AvgIpc) is 2.57. The number of rotatable bonds is 3. The highest BCUT2D eigenvalue weighted by Gasteiger charge is 2.12. The first-order chi connectivity index (χ1) is 7.24. The van der Waals surface area contributed by atoms with Gasteiger partial charge in [-0.05, 0) is 25.6 Å². The van der Waals surface area contributed by atoms with Gasteiger partial charge in [-0.3, -0.25) is 0 Å². The smallest absolute Gasteiger partial charge is 0.126 e. The third-order valence-corrected chi connectivity index (χ3v) is 2.72. The molecule has 0 saturated carbocycles. The van der Waals surface area contributed by atoms with Gasteiger partial charge in [-0.15, -0.1) is 0 Å². The fourth-order valence-electron chi connectivity index (χ4n) is 1.95. The molecule has 0 aliphatic carbocycles. The molecule has 1 N–H and O–H groups in total. The van der Waals surface area contributed by atoms with Crippen molar-refractivity contribution in [2.24, 2.45) is 7.05 Å². The minimum atomic E-state index is 0.299. The number of benzene rings is 1. The Kier molecular flexibility index (Phi) is 2.73. The van der Waals surface area contributed by atoms with Gasteiger partial charge in [0.2, 0.25) is 0 Å². The van der Waals surface area contributed by atoms with E-state index in [9.17, 15) is 0 Å². The highest BCUT2D eigenvalue weighted by Crippen LogP contribution is 2.18. The van der Waals surface area contributed by atoms with E-state index >= 15 is 0 Å². The van der Waals surface area contributed by atoms with Crippen LogP contribution in [-0.4, -0.2) is 16.1 Å². The maximum Gasteiger partial charge on any atom is 0.126 e. The molecule has 2 aromatic rings. The summed E-state index contributed by atoms with van der Waals surface area (Å²) in [6, 6.07) is 8.53. The summed E-state index contributed by atoms with van der Waals surface area (Å²) >= 11 is 0. The minimum Gasteiger partial charge on any atom is -0.330 e. The number of para-hydroxylation sites is 2.